The molecule has 0 atom stereocenters. The number of pyridine rings is 1. The highest BCUT2D eigenvalue weighted by molar-refractivity contribution is 6.39. The molecule has 17 heavy (non-hydrogen) atoms. The number of nitrogens with zero attached hydrogens (tertiary/aromatic N) is 1. The van der Waals surface area contributed by atoms with Crippen LogP contribution in [-0.2, 0) is 6.42 Å². The lowest BCUT2D eigenvalue weighted by Gasteiger charge is -2.09. The molecule has 3 heteroatoms. The van der Waals surface area contributed by atoms with Crippen LogP contribution in [0.2, 0.25) is 10.0 Å². The molecule has 0 aliphatic heterocycles. The van der Waals surface area contributed by atoms with E-state index in [2.05, 4.69) is 18.8 Å². The van der Waals surface area contributed by atoms with Gasteiger partial charge >= 0.3 is 0 Å². The van der Waals surface area contributed by atoms with Gasteiger partial charge in [0.15, 0.2) is 0 Å². The summed E-state index contributed by atoms with van der Waals surface area (Å²) in [7, 11) is 0. The first kappa shape index (κ1) is 12.7. The van der Waals surface area contributed by atoms with Crippen LogP contribution in [0.15, 0.2) is 18.2 Å². The summed E-state index contributed by atoms with van der Waals surface area (Å²) in [6.45, 7) is 6.33. The number of fused-ring (bicyclic) bond motifs is 1. The summed E-state index contributed by atoms with van der Waals surface area (Å²) >= 11 is 12.5. The van der Waals surface area contributed by atoms with Gasteiger partial charge in [-0.25, -0.2) is 0 Å². The summed E-state index contributed by atoms with van der Waals surface area (Å²) in [4.78, 5) is 4.60. The lowest BCUT2D eigenvalue weighted by Crippen LogP contribution is -1.98. The Kier molecular flexibility index (Phi) is 3.60. The maximum absolute atomic E-state index is 6.29. The van der Waals surface area contributed by atoms with Crippen LogP contribution in [0.4, 0.5) is 0 Å². The van der Waals surface area contributed by atoms with Crippen molar-refractivity contribution >= 4 is 34.1 Å². The maximum atomic E-state index is 6.29. The lowest BCUT2D eigenvalue weighted by atomic mass is 10.1. The van der Waals surface area contributed by atoms with Gasteiger partial charge in [-0.2, -0.15) is 0 Å². The standard InChI is InChI=1S/C14H15Cl2N/c1-8(2)4-10-7-12(15)11-5-9(3)6-13(16)14(11)17-10/h5-8H,4H2,1-3H3. The maximum Gasteiger partial charge on any atom is 0.0906 e. The van der Waals surface area contributed by atoms with E-state index in [1.54, 1.807) is 0 Å². The van der Waals surface area contributed by atoms with Gasteiger partial charge in [-0.05, 0) is 43.0 Å². The summed E-state index contributed by atoms with van der Waals surface area (Å²) in [5, 5.41) is 2.34. The molecule has 1 aromatic carbocycles. The summed E-state index contributed by atoms with van der Waals surface area (Å²) < 4.78 is 0. The Morgan fingerprint density at radius 1 is 1.12 bits per heavy atom. The second kappa shape index (κ2) is 4.83. The molecular weight excluding hydrogens is 253 g/mol. The van der Waals surface area contributed by atoms with Crippen LogP contribution in [0.1, 0.15) is 25.1 Å². The average Bonchev–Trinajstić information content (AvgIpc) is 2.19. The zero-order valence-electron chi connectivity index (χ0n) is 10.2. The van der Waals surface area contributed by atoms with Crippen molar-refractivity contribution in [2.24, 2.45) is 5.92 Å². The Hall–Kier alpha value is -0.790. The van der Waals surface area contributed by atoms with Crippen LogP contribution in [0.3, 0.4) is 0 Å². The summed E-state index contributed by atoms with van der Waals surface area (Å²) in [6, 6.07) is 5.89. The van der Waals surface area contributed by atoms with Crippen molar-refractivity contribution in [3.05, 3.63) is 39.5 Å². The van der Waals surface area contributed by atoms with Crippen LogP contribution in [0.25, 0.3) is 10.9 Å². The van der Waals surface area contributed by atoms with E-state index >= 15 is 0 Å². The molecule has 0 saturated carbocycles. The number of hydrogen-bond acceptors (Lipinski definition) is 1. The van der Waals surface area contributed by atoms with Crippen molar-refractivity contribution in [2.75, 3.05) is 0 Å². The van der Waals surface area contributed by atoms with Gasteiger partial charge in [0, 0.05) is 11.1 Å². The van der Waals surface area contributed by atoms with Crippen molar-refractivity contribution in [3.8, 4) is 0 Å². The minimum Gasteiger partial charge on any atom is -0.251 e. The molecule has 0 fully saturated rings. The third-order valence-electron chi connectivity index (χ3n) is 2.63. The SMILES string of the molecule is Cc1cc(Cl)c2nc(CC(C)C)cc(Cl)c2c1. The van der Waals surface area contributed by atoms with Crippen molar-refractivity contribution in [3.63, 3.8) is 0 Å². The second-order valence-corrected chi connectivity index (χ2v) is 5.65. The first-order valence-corrected chi connectivity index (χ1v) is 6.48. The van der Waals surface area contributed by atoms with Crippen LogP contribution in [0, 0.1) is 12.8 Å². The first-order valence-electron chi connectivity index (χ1n) is 5.72. The number of aromatic nitrogens is 1. The number of halogens is 2. The molecule has 1 nitrogen and oxygen atoms in total. The van der Waals surface area contributed by atoms with Crippen molar-refractivity contribution in [1.82, 2.24) is 4.98 Å². The van der Waals surface area contributed by atoms with Crippen LogP contribution < -0.4 is 0 Å². The van der Waals surface area contributed by atoms with E-state index in [1.807, 2.05) is 25.1 Å². The molecule has 0 amide bonds. The number of benzene rings is 1. The topological polar surface area (TPSA) is 12.9 Å². The minimum atomic E-state index is 0.556. The quantitative estimate of drug-likeness (QED) is 0.742. The number of hydrogen-bond donors (Lipinski definition) is 0. The second-order valence-electron chi connectivity index (χ2n) is 4.84. The van der Waals surface area contributed by atoms with Crippen LogP contribution >= 0.6 is 23.2 Å². The van der Waals surface area contributed by atoms with Gasteiger partial charge in [0.1, 0.15) is 0 Å². The van der Waals surface area contributed by atoms with E-state index in [9.17, 15) is 0 Å². The molecule has 0 aliphatic carbocycles. The van der Waals surface area contributed by atoms with Crippen molar-refractivity contribution in [1.29, 1.82) is 0 Å². The molecule has 1 heterocycles. The molecule has 1 aromatic heterocycles. The summed E-state index contributed by atoms with van der Waals surface area (Å²) in [6.07, 6.45) is 0.917. The molecule has 2 aromatic rings. The largest absolute Gasteiger partial charge is 0.251 e. The third-order valence-corrected chi connectivity index (χ3v) is 3.23. The van der Waals surface area contributed by atoms with E-state index in [4.69, 9.17) is 23.2 Å². The zero-order valence-corrected chi connectivity index (χ0v) is 11.7. The van der Waals surface area contributed by atoms with E-state index < -0.39 is 0 Å². The monoisotopic (exact) mass is 267 g/mol. The Morgan fingerprint density at radius 2 is 1.82 bits per heavy atom. The Bertz CT molecular complexity index is 562. The fraction of sp³-hybridized carbons (Fsp3) is 0.357. The molecule has 90 valence electrons. The molecule has 0 N–H and O–H groups in total. The van der Waals surface area contributed by atoms with Crippen molar-refractivity contribution < 1.29 is 0 Å². The number of aryl methyl sites for hydroxylation is 1. The molecule has 0 saturated heterocycles. The van der Waals surface area contributed by atoms with Gasteiger partial charge in [0.05, 0.1) is 15.6 Å². The third kappa shape index (κ3) is 2.72. The summed E-state index contributed by atoms with van der Waals surface area (Å²) in [5.41, 5.74) is 2.91. The van der Waals surface area contributed by atoms with Gasteiger partial charge in [-0.3, -0.25) is 4.98 Å². The van der Waals surface area contributed by atoms with Crippen molar-refractivity contribution in [2.45, 2.75) is 27.2 Å². The normalized spacial score (nSPS) is 11.4. The molecule has 2 rings (SSSR count). The smallest absolute Gasteiger partial charge is 0.0906 e. The van der Waals surface area contributed by atoms with Crippen LogP contribution in [0.5, 0.6) is 0 Å². The van der Waals surface area contributed by atoms with E-state index in [0.29, 0.717) is 10.9 Å². The van der Waals surface area contributed by atoms with Gasteiger partial charge in [-0.15, -0.1) is 0 Å². The highest BCUT2D eigenvalue weighted by Crippen LogP contribution is 2.30. The molecule has 0 spiro atoms. The van der Waals surface area contributed by atoms with Gasteiger partial charge in [0.25, 0.3) is 0 Å². The minimum absolute atomic E-state index is 0.556. The molecule has 0 aliphatic rings. The highest BCUT2D eigenvalue weighted by atomic mass is 35.5. The molecule has 0 unspecified atom stereocenters. The first-order chi connectivity index (χ1) is 7.97. The van der Waals surface area contributed by atoms with Gasteiger partial charge in [-0.1, -0.05) is 37.0 Å². The van der Waals surface area contributed by atoms with Gasteiger partial charge < -0.3 is 0 Å². The fourth-order valence-corrected chi connectivity index (χ4v) is 2.54. The predicted octanol–water partition coefficient (Wildman–Crippen LogP) is 5.05. The lowest BCUT2D eigenvalue weighted by molar-refractivity contribution is 0.637. The van der Waals surface area contributed by atoms with Gasteiger partial charge in [0.2, 0.25) is 0 Å². The molecule has 0 bridgehead atoms. The Labute approximate surface area is 112 Å². The Balaban J connectivity index is 2.64. The Morgan fingerprint density at radius 3 is 2.47 bits per heavy atom. The van der Waals surface area contributed by atoms with E-state index in [0.717, 1.165) is 33.6 Å². The predicted molar refractivity (Wildman–Crippen MR) is 75.0 cm³/mol. The highest BCUT2D eigenvalue weighted by Gasteiger charge is 2.09. The molecule has 0 radical (unpaired) electrons. The fourth-order valence-electron chi connectivity index (χ4n) is 1.95. The number of rotatable bonds is 2. The summed E-state index contributed by atoms with van der Waals surface area (Å²) in [5.74, 6) is 0.556. The van der Waals surface area contributed by atoms with E-state index in [1.165, 1.54) is 0 Å². The zero-order chi connectivity index (χ0) is 12.6. The molecular formula is C14H15Cl2N. The van der Waals surface area contributed by atoms with E-state index in [-0.39, 0.29) is 0 Å². The van der Waals surface area contributed by atoms with Crippen LogP contribution in [-0.4, -0.2) is 4.98 Å². The average molecular weight is 268 g/mol.